The summed E-state index contributed by atoms with van der Waals surface area (Å²) in [5.41, 5.74) is 0.774. The molecule has 0 fully saturated rings. The lowest BCUT2D eigenvalue weighted by molar-refractivity contribution is -0.120. The molecule has 31 heavy (non-hydrogen) atoms. The number of nitrogens with one attached hydrogen (secondary N) is 1. The number of sulfonamides is 1. The molecule has 0 bridgehead atoms. The Morgan fingerprint density at radius 2 is 1.87 bits per heavy atom. The molecule has 166 valence electrons. The van der Waals surface area contributed by atoms with Crippen molar-refractivity contribution in [1.82, 2.24) is 5.32 Å². The summed E-state index contributed by atoms with van der Waals surface area (Å²) < 4.78 is 43.4. The highest BCUT2D eigenvalue weighted by Crippen LogP contribution is 2.39. The van der Waals surface area contributed by atoms with E-state index in [9.17, 15) is 13.2 Å². The Morgan fingerprint density at radius 1 is 1.13 bits per heavy atom. The van der Waals surface area contributed by atoms with Crippen molar-refractivity contribution in [1.29, 1.82) is 0 Å². The Hall–Kier alpha value is -2.94. The third-order valence-electron chi connectivity index (χ3n) is 5.34. The van der Waals surface area contributed by atoms with E-state index in [1.807, 2.05) is 38.1 Å². The van der Waals surface area contributed by atoms with Crippen molar-refractivity contribution in [2.75, 3.05) is 23.4 Å². The molecule has 9 heteroatoms. The molecule has 1 N–H and O–H groups in total. The molecule has 1 atom stereocenters. The standard InChI is InChI=1S/C22H26N2O6S/c1-4-31(26,27)24(15-9-10-19-20(11-15)29-14-28-19)13-21(25)23-17-12-22(2,3)30-18-8-6-5-7-16(17)18/h5-11,17H,4,12-14H2,1-3H3,(H,23,25)/t17-/m0/s1. The predicted octanol–water partition coefficient (Wildman–Crippen LogP) is 2.99. The van der Waals surface area contributed by atoms with Gasteiger partial charge in [-0.05, 0) is 39.0 Å². The summed E-state index contributed by atoms with van der Waals surface area (Å²) in [6.45, 7) is 5.21. The molecule has 0 aliphatic carbocycles. The molecule has 4 rings (SSSR count). The average molecular weight is 447 g/mol. The predicted molar refractivity (Wildman–Crippen MR) is 116 cm³/mol. The number of amides is 1. The van der Waals surface area contributed by atoms with Crippen LogP contribution in [0.5, 0.6) is 17.2 Å². The first-order chi connectivity index (χ1) is 14.7. The van der Waals surface area contributed by atoms with E-state index in [2.05, 4.69) is 5.32 Å². The number of hydrogen-bond donors (Lipinski definition) is 1. The van der Waals surface area contributed by atoms with Gasteiger partial charge in [0.05, 0.1) is 17.5 Å². The van der Waals surface area contributed by atoms with E-state index >= 15 is 0 Å². The summed E-state index contributed by atoms with van der Waals surface area (Å²) in [5, 5.41) is 3.00. The van der Waals surface area contributed by atoms with Crippen LogP contribution in [0.15, 0.2) is 42.5 Å². The minimum absolute atomic E-state index is 0.0821. The summed E-state index contributed by atoms with van der Waals surface area (Å²) in [6, 6.07) is 12.1. The van der Waals surface area contributed by atoms with Gasteiger partial charge in [-0.1, -0.05) is 18.2 Å². The second kappa shape index (κ2) is 7.96. The van der Waals surface area contributed by atoms with Crippen LogP contribution in [0, 0.1) is 0 Å². The summed E-state index contributed by atoms with van der Waals surface area (Å²) in [5.74, 6) is 1.18. The van der Waals surface area contributed by atoms with Gasteiger partial charge in [0.15, 0.2) is 11.5 Å². The van der Waals surface area contributed by atoms with Crippen LogP contribution in [0.25, 0.3) is 0 Å². The smallest absolute Gasteiger partial charge is 0.241 e. The fourth-order valence-corrected chi connectivity index (χ4v) is 4.91. The highest BCUT2D eigenvalue weighted by molar-refractivity contribution is 7.92. The average Bonchev–Trinajstić information content (AvgIpc) is 3.19. The summed E-state index contributed by atoms with van der Waals surface area (Å²) >= 11 is 0. The number of ether oxygens (including phenoxy) is 3. The number of anilines is 1. The maximum absolute atomic E-state index is 13.0. The Bertz CT molecular complexity index is 1100. The maximum atomic E-state index is 13.0. The zero-order valence-electron chi connectivity index (χ0n) is 17.8. The molecule has 0 aromatic heterocycles. The normalized spacial score (nSPS) is 18.6. The number of para-hydroxylation sites is 1. The molecule has 0 spiro atoms. The van der Waals surface area contributed by atoms with Gasteiger partial charge >= 0.3 is 0 Å². The van der Waals surface area contributed by atoms with Crippen LogP contribution in [0.1, 0.15) is 38.8 Å². The Balaban J connectivity index is 1.58. The largest absolute Gasteiger partial charge is 0.487 e. The van der Waals surface area contributed by atoms with Crippen LogP contribution in [-0.4, -0.2) is 39.0 Å². The Labute approximate surface area is 182 Å². The topological polar surface area (TPSA) is 94.2 Å². The lowest BCUT2D eigenvalue weighted by atomic mass is 9.89. The van der Waals surface area contributed by atoms with E-state index in [1.165, 1.54) is 0 Å². The van der Waals surface area contributed by atoms with Crippen molar-refractivity contribution in [3.8, 4) is 17.2 Å². The fourth-order valence-electron chi connectivity index (χ4n) is 3.85. The number of carbonyl (C=O) groups excluding carboxylic acids is 1. The van der Waals surface area contributed by atoms with Gasteiger partial charge in [0.2, 0.25) is 22.7 Å². The van der Waals surface area contributed by atoms with Crippen LogP contribution in [0.4, 0.5) is 5.69 Å². The second-order valence-corrected chi connectivity index (χ2v) is 10.4. The first-order valence-corrected chi connectivity index (χ1v) is 11.8. The molecule has 2 aliphatic rings. The summed E-state index contributed by atoms with van der Waals surface area (Å²) in [4.78, 5) is 13.0. The molecular weight excluding hydrogens is 420 g/mol. The van der Waals surface area contributed by atoms with Crippen LogP contribution < -0.4 is 23.8 Å². The first kappa shape index (κ1) is 21.3. The summed E-state index contributed by atoms with van der Waals surface area (Å²) in [7, 11) is -3.70. The second-order valence-electron chi connectivity index (χ2n) is 8.17. The minimum Gasteiger partial charge on any atom is -0.487 e. The molecular formula is C22H26N2O6S. The van der Waals surface area contributed by atoms with Crippen LogP contribution in [-0.2, 0) is 14.8 Å². The Morgan fingerprint density at radius 3 is 2.65 bits per heavy atom. The number of carbonyl (C=O) groups is 1. The zero-order valence-corrected chi connectivity index (χ0v) is 18.6. The summed E-state index contributed by atoms with van der Waals surface area (Å²) in [6.07, 6.45) is 0.570. The fraction of sp³-hybridized carbons (Fsp3) is 0.409. The van der Waals surface area contributed by atoms with Gasteiger partial charge < -0.3 is 19.5 Å². The van der Waals surface area contributed by atoms with Gasteiger partial charge in [-0.25, -0.2) is 8.42 Å². The van der Waals surface area contributed by atoms with E-state index in [0.29, 0.717) is 23.6 Å². The van der Waals surface area contributed by atoms with E-state index in [-0.39, 0.29) is 25.1 Å². The van der Waals surface area contributed by atoms with E-state index in [0.717, 1.165) is 15.6 Å². The molecule has 1 amide bonds. The number of nitrogens with zero attached hydrogens (tertiary/aromatic N) is 1. The third kappa shape index (κ3) is 4.41. The van der Waals surface area contributed by atoms with Gasteiger partial charge in [0.1, 0.15) is 17.9 Å². The van der Waals surface area contributed by atoms with E-state index in [4.69, 9.17) is 14.2 Å². The van der Waals surface area contributed by atoms with Crippen molar-refractivity contribution in [3.63, 3.8) is 0 Å². The third-order valence-corrected chi connectivity index (χ3v) is 7.08. The van der Waals surface area contributed by atoms with Crippen molar-refractivity contribution in [3.05, 3.63) is 48.0 Å². The first-order valence-electron chi connectivity index (χ1n) is 10.2. The zero-order chi connectivity index (χ0) is 22.2. The van der Waals surface area contributed by atoms with Crippen molar-refractivity contribution >= 4 is 21.6 Å². The van der Waals surface area contributed by atoms with Crippen molar-refractivity contribution in [2.45, 2.75) is 38.8 Å². The Kier molecular flexibility index (Phi) is 5.47. The van der Waals surface area contributed by atoms with Crippen LogP contribution in [0.2, 0.25) is 0 Å². The number of benzene rings is 2. The number of rotatable bonds is 6. The quantitative estimate of drug-likeness (QED) is 0.733. The monoisotopic (exact) mass is 446 g/mol. The maximum Gasteiger partial charge on any atom is 0.241 e. The van der Waals surface area contributed by atoms with Gasteiger partial charge in [-0.2, -0.15) is 0 Å². The molecule has 0 saturated heterocycles. The molecule has 0 unspecified atom stereocenters. The molecule has 0 radical (unpaired) electrons. The van der Waals surface area contributed by atoms with Crippen LogP contribution in [0.3, 0.4) is 0 Å². The van der Waals surface area contributed by atoms with E-state index in [1.54, 1.807) is 25.1 Å². The van der Waals surface area contributed by atoms with Crippen molar-refractivity contribution in [2.24, 2.45) is 0 Å². The SMILES string of the molecule is CCS(=O)(=O)N(CC(=O)N[C@H]1CC(C)(C)Oc2ccccc21)c1ccc2c(c1)OCO2. The number of hydrogen-bond acceptors (Lipinski definition) is 6. The molecule has 8 nitrogen and oxygen atoms in total. The van der Waals surface area contributed by atoms with Crippen LogP contribution >= 0.6 is 0 Å². The molecule has 2 heterocycles. The molecule has 2 aliphatic heterocycles. The lowest BCUT2D eigenvalue weighted by Gasteiger charge is -2.38. The minimum atomic E-state index is -3.70. The van der Waals surface area contributed by atoms with E-state index < -0.39 is 21.5 Å². The number of fused-ring (bicyclic) bond motifs is 2. The highest BCUT2D eigenvalue weighted by Gasteiger charge is 2.35. The highest BCUT2D eigenvalue weighted by atomic mass is 32.2. The molecule has 2 aromatic rings. The lowest BCUT2D eigenvalue weighted by Crippen LogP contribution is -2.46. The van der Waals surface area contributed by atoms with Gasteiger partial charge in [-0.15, -0.1) is 0 Å². The van der Waals surface area contributed by atoms with Gasteiger partial charge in [0.25, 0.3) is 0 Å². The van der Waals surface area contributed by atoms with Crippen molar-refractivity contribution < 1.29 is 27.4 Å². The van der Waals surface area contributed by atoms with Gasteiger partial charge in [-0.3, -0.25) is 9.10 Å². The molecule has 2 aromatic carbocycles. The van der Waals surface area contributed by atoms with Gasteiger partial charge in [0, 0.05) is 18.1 Å². The molecule has 0 saturated carbocycles.